The monoisotopic (exact) mass is 223 g/mol. The first kappa shape index (κ1) is 11.1. The van der Waals surface area contributed by atoms with Gasteiger partial charge in [-0.25, -0.2) is 0 Å². The molecule has 0 radical (unpaired) electrons. The van der Waals surface area contributed by atoms with Crippen LogP contribution in [0.5, 0.6) is 0 Å². The summed E-state index contributed by atoms with van der Waals surface area (Å²) in [7, 11) is 0. The molecule has 88 valence electrons. The standard InChI is InChI=1S/C11H17N3O2/c1-7-9(8(2)16-13-7)6-14-5-3-4-10(12)11(14)15/h10H,3-6,12H2,1-2H3. The minimum atomic E-state index is -0.339. The maximum atomic E-state index is 11.8. The molecular formula is C11H17N3O2. The number of carbonyl (C=O) groups excluding carboxylic acids is 1. The second kappa shape index (κ2) is 4.25. The lowest BCUT2D eigenvalue weighted by Gasteiger charge is -2.30. The lowest BCUT2D eigenvalue weighted by atomic mass is 10.0. The molecule has 1 fully saturated rings. The van der Waals surface area contributed by atoms with Crippen LogP contribution in [0, 0.1) is 13.8 Å². The highest BCUT2D eigenvalue weighted by Crippen LogP contribution is 2.18. The molecule has 16 heavy (non-hydrogen) atoms. The van der Waals surface area contributed by atoms with Gasteiger partial charge in [-0.3, -0.25) is 4.79 Å². The van der Waals surface area contributed by atoms with Crippen LogP contribution in [0.1, 0.15) is 29.9 Å². The van der Waals surface area contributed by atoms with Gasteiger partial charge in [0, 0.05) is 12.1 Å². The SMILES string of the molecule is Cc1noc(C)c1CN1CCCC(N)C1=O. The Kier molecular flexibility index (Phi) is 2.96. The Morgan fingerprint density at radius 2 is 2.31 bits per heavy atom. The third-order valence-corrected chi connectivity index (χ3v) is 3.10. The summed E-state index contributed by atoms with van der Waals surface area (Å²) in [4.78, 5) is 13.6. The van der Waals surface area contributed by atoms with Gasteiger partial charge in [-0.1, -0.05) is 5.16 Å². The molecule has 2 heterocycles. The molecule has 1 amide bonds. The fourth-order valence-corrected chi connectivity index (χ4v) is 2.05. The predicted molar refractivity (Wildman–Crippen MR) is 58.6 cm³/mol. The first-order valence-corrected chi connectivity index (χ1v) is 5.55. The molecule has 1 aliphatic heterocycles. The third-order valence-electron chi connectivity index (χ3n) is 3.10. The highest BCUT2D eigenvalue weighted by Gasteiger charge is 2.26. The second-order valence-electron chi connectivity index (χ2n) is 4.31. The summed E-state index contributed by atoms with van der Waals surface area (Å²) in [6.07, 6.45) is 1.76. The van der Waals surface area contributed by atoms with Crippen LogP contribution in [0.4, 0.5) is 0 Å². The van der Waals surface area contributed by atoms with Gasteiger partial charge in [0.1, 0.15) is 5.76 Å². The highest BCUT2D eigenvalue weighted by molar-refractivity contribution is 5.82. The summed E-state index contributed by atoms with van der Waals surface area (Å²) in [5.41, 5.74) is 7.60. The molecule has 1 aromatic heterocycles. The van der Waals surface area contributed by atoms with E-state index in [1.54, 1.807) is 4.90 Å². The number of carbonyl (C=O) groups is 1. The molecule has 0 aliphatic carbocycles. The first-order chi connectivity index (χ1) is 7.59. The number of aromatic nitrogens is 1. The van der Waals surface area contributed by atoms with E-state index in [1.165, 1.54) is 0 Å². The third kappa shape index (κ3) is 1.95. The van der Waals surface area contributed by atoms with Crippen LogP contribution in [-0.2, 0) is 11.3 Å². The van der Waals surface area contributed by atoms with Crippen LogP contribution in [0.2, 0.25) is 0 Å². The maximum absolute atomic E-state index is 11.8. The van der Waals surface area contributed by atoms with E-state index >= 15 is 0 Å². The summed E-state index contributed by atoms with van der Waals surface area (Å²) in [6.45, 7) is 5.09. The molecule has 0 spiro atoms. The number of nitrogens with zero attached hydrogens (tertiary/aromatic N) is 2. The van der Waals surface area contributed by atoms with Gasteiger partial charge in [-0.05, 0) is 26.7 Å². The zero-order valence-electron chi connectivity index (χ0n) is 9.69. The molecular weight excluding hydrogens is 206 g/mol. The fourth-order valence-electron chi connectivity index (χ4n) is 2.05. The predicted octanol–water partition coefficient (Wildman–Crippen LogP) is 0.741. The number of hydrogen-bond donors (Lipinski definition) is 1. The van der Waals surface area contributed by atoms with Crippen LogP contribution in [0.3, 0.4) is 0 Å². The van der Waals surface area contributed by atoms with E-state index < -0.39 is 0 Å². The number of aryl methyl sites for hydroxylation is 2. The van der Waals surface area contributed by atoms with E-state index in [0.717, 1.165) is 36.4 Å². The first-order valence-electron chi connectivity index (χ1n) is 5.55. The minimum absolute atomic E-state index is 0.0336. The van der Waals surface area contributed by atoms with E-state index in [2.05, 4.69) is 5.16 Å². The molecule has 1 atom stereocenters. The van der Waals surface area contributed by atoms with E-state index in [1.807, 2.05) is 13.8 Å². The maximum Gasteiger partial charge on any atom is 0.239 e. The summed E-state index contributed by atoms with van der Waals surface area (Å²) in [6, 6.07) is -0.339. The van der Waals surface area contributed by atoms with Crippen LogP contribution in [0.25, 0.3) is 0 Å². The Bertz CT molecular complexity index is 380. The Labute approximate surface area is 94.6 Å². The molecule has 0 aromatic carbocycles. The van der Waals surface area contributed by atoms with Gasteiger partial charge in [-0.2, -0.15) is 0 Å². The quantitative estimate of drug-likeness (QED) is 0.802. The van der Waals surface area contributed by atoms with Crippen molar-refractivity contribution in [1.82, 2.24) is 10.1 Å². The molecule has 0 bridgehead atoms. The second-order valence-corrected chi connectivity index (χ2v) is 4.31. The largest absolute Gasteiger partial charge is 0.361 e. The fraction of sp³-hybridized carbons (Fsp3) is 0.636. The molecule has 2 N–H and O–H groups in total. The highest BCUT2D eigenvalue weighted by atomic mass is 16.5. The van der Waals surface area contributed by atoms with E-state index in [-0.39, 0.29) is 11.9 Å². The molecule has 1 aliphatic rings. The van der Waals surface area contributed by atoms with Gasteiger partial charge >= 0.3 is 0 Å². The molecule has 2 rings (SSSR count). The van der Waals surface area contributed by atoms with Crippen molar-refractivity contribution in [3.63, 3.8) is 0 Å². The number of rotatable bonds is 2. The Hall–Kier alpha value is -1.36. The summed E-state index contributed by atoms with van der Waals surface area (Å²) >= 11 is 0. The van der Waals surface area contributed by atoms with Crippen molar-refractivity contribution in [3.05, 3.63) is 17.0 Å². The van der Waals surface area contributed by atoms with Gasteiger partial charge in [0.25, 0.3) is 0 Å². The van der Waals surface area contributed by atoms with E-state index in [0.29, 0.717) is 6.54 Å². The topological polar surface area (TPSA) is 72.4 Å². The van der Waals surface area contributed by atoms with Crippen molar-refractivity contribution in [2.24, 2.45) is 5.73 Å². The lowest BCUT2D eigenvalue weighted by Crippen LogP contribution is -2.47. The van der Waals surface area contributed by atoms with Crippen molar-refractivity contribution >= 4 is 5.91 Å². The molecule has 5 heteroatoms. The number of piperidine rings is 1. The van der Waals surface area contributed by atoms with Crippen LogP contribution in [0.15, 0.2) is 4.52 Å². The molecule has 1 unspecified atom stereocenters. The molecule has 1 saturated heterocycles. The average molecular weight is 223 g/mol. The Morgan fingerprint density at radius 3 is 2.94 bits per heavy atom. The summed E-state index contributed by atoms with van der Waals surface area (Å²) < 4.78 is 5.08. The van der Waals surface area contributed by atoms with Crippen LogP contribution in [-0.4, -0.2) is 28.6 Å². The number of nitrogens with two attached hydrogens (primary N) is 1. The number of hydrogen-bond acceptors (Lipinski definition) is 4. The molecule has 1 aromatic rings. The number of likely N-dealkylation sites (tertiary alicyclic amines) is 1. The Morgan fingerprint density at radius 1 is 1.56 bits per heavy atom. The average Bonchev–Trinajstić information content (AvgIpc) is 2.56. The van der Waals surface area contributed by atoms with Crippen molar-refractivity contribution < 1.29 is 9.32 Å². The van der Waals surface area contributed by atoms with Gasteiger partial charge in [0.15, 0.2) is 0 Å². The van der Waals surface area contributed by atoms with Crippen molar-refractivity contribution in [3.8, 4) is 0 Å². The van der Waals surface area contributed by atoms with Gasteiger partial charge in [0.2, 0.25) is 5.91 Å². The minimum Gasteiger partial charge on any atom is -0.361 e. The van der Waals surface area contributed by atoms with Gasteiger partial charge in [-0.15, -0.1) is 0 Å². The Balaban J connectivity index is 2.12. The van der Waals surface area contributed by atoms with Crippen LogP contribution < -0.4 is 5.73 Å². The van der Waals surface area contributed by atoms with Crippen molar-refractivity contribution in [2.75, 3.05) is 6.54 Å². The van der Waals surface area contributed by atoms with Crippen molar-refractivity contribution in [2.45, 2.75) is 39.3 Å². The van der Waals surface area contributed by atoms with E-state index in [4.69, 9.17) is 10.3 Å². The molecule has 5 nitrogen and oxygen atoms in total. The normalized spacial score (nSPS) is 21.6. The van der Waals surface area contributed by atoms with Gasteiger partial charge in [0.05, 0.1) is 18.3 Å². The van der Waals surface area contributed by atoms with Crippen molar-refractivity contribution in [1.29, 1.82) is 0 Å². The zero-order chi connectivity index (χ0) is 11.7. The van der Waals surface area contributed by atoms with E-state index in [9.17, 15) is 4.79 Å². The number of amides is 1. The van der Waals surface area contributed by atoms with Gasteiger partial charge < -0.3 is 15.2 Å². The summed E-state index contributed by atoms with van der Waals surface area (Å²) in [5, 5.41) is 3.88. The zero-order valence-corrected chi connectivity index (χ0v) is 9.69. The van der Waals surface area contributed by atoms with Crippen LogP contribution >= 0.6 is 0 Å². The smallest absolute Gasteiger partial charge is 0.239 e. The molecule has 0 saturated carbocycles. The summed E-state index contributed by atoms with van der Waals surface area (Å²) in [5.74, 6) is 0.815. The lowest BCUT2D eigenvalue weighted by molar-refractivity contribution is -0.135.